The van der Waals surface area contributed by atoms with Crippen LogP contribution >= 0.6 is 0 Å². The van der Waals surface area contributed by atoms with Crippen LogP contribution in [-0.4, -0.2) is 25.7 Å². The molecule has 1 aromatic rings. The predicted octanol–water partition coefficient (Wildman–Crippen LogP) is 1.93. The molecular formula is C14H23N3O. The van der Waals surface area contributed by atoms with Crippen LogP contribution in [-0.2, 0) is 0 Å². The number of benzene rings is 1. The summed E-state index contributed by atoms with van der Waals surface area (Å²) < 4.78 is 5.64. The lowest BCUT2D eigenvalue weighted by Crippen LogP contribution is -2.35. The molecule has 4 nitrogen and oxygen atoms in total. The number of aliphatic imine (C=N–C) groups is 1. The van der Waals surface area contributed by atoms with Gasteiger partial charge >= 0.3 is 0 Å². The van der Waals surface area contributed by atoms with Crippen LogP contribution < -0.4 is 15.8 Å². The Morgan fingerprint density at radius 2 is 2.11 bits per heavy atom. The van der Waals surface area contributed by atoms with Gasteiger partial charge in [-0.2, -0.15) is 0 Å². The van der Waals surface area contributed by atoms with Crippen molar-refractivity contribution in [3.05, 3.63) is 29.8 Å². The van der Waals surface area contributed by atoms with Gasteiger partial charge in [-0.15, -0.1) is 0 Å². The predicted molar refractivity (Wildman–Crippen MR) is 76.0 cm³/mol. The summed E-state index contributed by atoms with van der Waals surface area (Å²) in [6.45, 7) is 8.22. The van der Waals surface area contributed by atoms with Crippen LogP contribution in [0.15, 0.2) is 29.3 Å². The van der Waals surface area contributed by atoms with Crippen LogP contribution in [0.5, 0.6) is 5.75 Å². The summed E-state index contributed by atoms with van der Waals surface area (Å²) in [7, 11) is 0. The molecule has 0 aliphatic carbocycles. The molecule has 3 N–H and O–H groups in total. The number of nitrogens with two attached hydrogens (primary N) is 1. The molecule has 0 heterocycles. The maximum Gasteiger partial charge on any atom is 0.188 e. The first-order valence-corrected chi connectivity index (χ1v) is 6.32. The zero-order valence-electron chi connectivity index (χ0n) is 11.4. The van der Waals surface area contributed by atoms with Gasteiger partial charge in [-0.05, 0) is 24.5 Å². The summed E-state index contributed by atoms with van der Waals surface area (Å²) in [5.41, 5.74) is 6.85. The second kappa shape index (κ2) is 7.58. The second-order valence-electron chi connectivity index (χ2n) is 4.66. The van der Waals surface area contributed by atoms with E-state index in [0.29, 0.717) is 25.0 Å². The van der Waals surface area contributed by atoms with Crippen LogP contribution in [0.1, 0.15) is 19.4 Å². The minimum Gasteiger partial charge on any atom is -0.491 e. The average Bonchev–Trinajstić information content (AvgIpc) is 2.34. The quantitative estimate of drug-likeness (QED) is 0.460. The Morgan fingerprint density at radius 3 is 2.78 bits per heavy atom. The summed E-state index contributed by atoms with van der Waals surface area (Å²) in [5.74, 6) is 1.92. The molecular weight excluding hydrogens is 226 g/mol. The van der Waals surface area contributed by atoms with E-state index in [4.69, 9.17) is 10.5 Å². The van der Waals surface area contributed by atoms with E-state index in [1.165, 1.54) is 0 Å². The minimum atomic E-state index is 0.483. The molecule has 4 heteroatoms. The molecule has 1 rings (SSSR count). The van der Waals surface area contributed by atoms with Crippen molar-refractivity contribution in [2.45, 2.75) is 20.8 Å². The summed E-state index contributed by atoms with van der Waals surface area (Å²) in [5, 5.41) is 3.03. The Labute approximate surface area is 109 Å². The van der Waals surface area contributed by atoms with E-state index in [0.717, 1.165) is 17.9 Å². The van der Waals surface area contributed by atoms with E-state index in [1.54, 1.807) is 0 Å². The van der Waals surface area contributed by atoms with Crippen LogP contribution in [0.3, 0.4) is 0 Å². The number of hydrogen-bond acceptors (Lipinski definition) is 2. The van der Waals surface area contributed by atoms with Crippen LogP contribution in [0.4, 0.5) is 0 Å². The van der Waals surface area contributed by atoms with Crippen molar-refractivity contribution in [2.75, 3.05) is 19.7 Å². The number of ether oxygens (including phenoxy) is 1. The molecule has 18 heavy (non-hydrogen) atoms. The van der Waals surface area contributed by atoms with E-state index in [9.17, 15) is 0 Å². The molecule has 0 aliphatic rings. The molecule has 100 valence electrons. The fourth-order valence-corrected chi connectivity index (χ4v) is 1.40. The lowest BCUT2D eigenvalue weighted by molar-refractivity contribution is 0.320. The fourth-order valence-electron chi connectivity index (χ4n) is 1.40. The van der Waals surface area contributed by atoms with Gasteiger partial charge in [-0.1, -0.05) is 32.0 Å². The standard InChI is InChI=1S/C14H23N3O/c1-11(2)10-17-14(15)16-8-9-18-13-7-5-4-6-12(13)3/h4-7,11H,8-10H2,1-3H3,(H3,15,16,17). The van der Waals surface area contributed by atoms with Crippen LogP contribution in [0.25, 0.3) is 0 Å². The molecule has 0 aromatic heterocycles. The number of aryl methyl sites for hydroxylation is 1. The Hall–Kier alpha value is -1.71. The van der Waals surface area contributed by atoms with Crippen molar-refractivity contribution in [2.24, 2.45) is 16.6 Å². The number of nitrogens with one attached hydrogen (secondary N) is 1. The molecule has 0 amide bonds. The smallest absolute Gasteiger partial charge is 0.188 e. The van der Waals surface area contributed by atoms with Crippen molar-refractivity contribution in [3.8, 4) is 5.75 Å². The molecule has 1 aromatic carbocycles. The van der Waals surface area contributed by atoms with Crippen molar-refractivity contribution in [1.82, 2.24) is 5.32 Å². The molecule has 0 spiro atoms. The van der Waals surface area contributed by atoms with Crippen molar-refractivity contribution >= 4 is 5.96 Å². The third-order valence-corrected chi connectivity index (χ3v) is 2.39. The molecule has 0 radical (unpaired) electrons. The van der Waals surface area contributed by atoms with E-state index >= 15 is 0 Å². The topological polar surface area (TPSA) is 59.6 Å². The number of hydrogen-bond donors (Lipinski definition) is 2. The number of rotatable bonds is 6. The molecule has 0 saturated heterocycles. The molecule has 0 fully saturated rings. The fraction of sp³-hybridized carbons (Fsp3) is 0.500. The largest absolute Gasteiger partial charge is 0.491 e. The molecule has 0 aliphatic heterocycles. The Balaban J connectivity index is 2.23. The normalized spacial score (nSPS) is 11.7. The molecule has 0 bridgehead atoms. The maximum atomic E-state index is 5.71. The third kappa shape index (κ3) is 5.57. The maximum absolute atomic E-state index is 5.71. The summed E-state index contributed by atoms with van der Waals surface area (Å²) in [6, 6.07) is 7.96. The van der Waals surface area contributed by atoms with Gasteiger partial charge in [-0.25, -0.2) is 0 Å². The van der Waals surface area contributed by atoms with E-state index < -0.39 is 0 Å². The van der Waals surface area contributed by atoms with Crippen molar-refractivity contribution in [1.29, 1.82) is 0 Å². The summed E-state index contributed by atoms with van der Waals surface area (Å²) in [6.07, 6.45) is 0. The van der Waals surface area contributed by atoms with Crippen molar-refractivity contribution in [3.63, 3.8) is 0 Å². The van der Waals surface area contributed by atoms with Gasteiger partial charge in [0.25, 0.3) is 0 Å². The zero-order chi connectivity index (χ0) is 13.4. The van der Waals surface area contributed by atoms with Gasteiger partial charge in [0.2, 0.25) is 0 Å². The average molecular weight is 249 g/mol. The van der Waals surface area contributed by atoms with E-state index in [2.05, 4.69) is 24.2 Å². The first-order chi connectivity index (χ1) is 8.59. The Kier molecular flexibility index (Phi) is 6.05. The second-order valence-corrected chi connectivity index (χ2v) is 4.66. The number of para-hydroxylation sites is 1. The number of guanidine groups is 1. The monoisotopic (exact) mass is 249 g/mol. The lowest BCUT2D eigenvalue weighted by atomic mass is 10.2. The SMILES string of the molecule is Cc1ccccc1OCCNC(N)=NCC(C)C. The highest BCUT2D eigenvalue weighted by molar-refractivity contribution is 5.77. The highest BCUT2D eigenvalue weighted by Gasteiger charge is 1.98. The third-order valence-electron chi connectivity index (χ3n) is 2.39. The molecule has 0 unspecified atom stereocenters. The van der Waals surface area contributed by atoms with Gasteiger partial charge in [0.1, 0.15) is 12.4 Å². The van der Waals surface area contributed by atoms with E-state index in [-0.39, 0.29) is 0 Å². The summed E-state index contributed by atoms with van der Waals surface area (Å²) >= 11 is 0. The van der Waals surface area contributed by atoms with Crippen molar-refractivity contribution < 1.29 is 4.74 Å². The number of nitrogens with zero attached hydrogens (tertiary/aromatic N) is 1. The minimum absolute atomic E-state index is 0.483. The zero-order valence-corrected chi connectivity index (χ0v) is 11.4. The van der Waals surface area contributed by atoms with Gasteiger partial charge in [0.15, 0.2) is 5.96 Å². The van der Waals surface area contributed by atoms with E-state index in [1.807, 2.05) is 31.2 Å². The highest BCUT2D eigenvalue weighted by atomic mass is 16.5. The first kappa shape index (κ1) is 14.4. The van der Waals surface area contributed by atoms with Gasteiger partial charge in [-0.3, -0.25) is 4.99 Å². The van der Waals surface area contributed by atoms with Crippen LogP contribution in [0, 0.1) is 12.8 Å². The van der Waals surface area contributed by atoms with Crippen LogP contribution in [0.2, 0.25) is 0 Å². The highest BCUT2D eigenvalue weighted by Crippen LogP contribution is 2.15. The van der Waals surface area contributed by atoms with Gasteiger partial charge < -0.3 is 15.8 Å². The molecule has 0 saturated carbocycles. The Bertz CT molecular complexity index is 388. The van der Waals surface area contributed by atoms with Gasteiger partial charge in [0, 0.05) is 6.54 Å². The Morgan fingerprint density at radius 1 is 1.39 bits per heavy atom. The summed E-state index contributed by atoms with van der Waals surface area (Å²) in [4.78, 5) is 4.21. The first-order valence-electron chi connectivity index (χ1n) is 6.32. The lowest BCUT2D eigenvalue weighted by Gasteiger charge is -2.10. The molecule has 0 atom stereocenters. The van der Waals surface area contributed by atoms with Gasteiger partial charge in [0.05, 0.1) is 6.54 Å².